The molecule has 7 heteroatoms. The van der Waals surface area contributed by atoms with E-state index in [0.717, 1.165) is 10.6 Å². The maximum Gasteiger partial charge on any atom is 0.263 e. The predicted octanol–water partition coefficient (Wildman–Crippen LogP) is 2.52. The van der Waals surface area contributed by atoms with E-state index in [2.05, 4.69) is 15.3 Å². The standard InChI is InChI=1S/C20H20N4O2S/c1-15-7-11-24(14-16-5-4-8-21-13-16)20(26)18(15)19(25)23-10-12-27-17-6-2-3-9-22-17/h2-9,11,13H,10,12,14H2,1H3,(H,23,25). The van der Waals surface area contributed by atoms with Gasteiger partial charge in [0.15, 0.2) is 0 Å². The zero-order valence-corrected chi connectivity index (χ0v) is 15.8. The maximum atomic E-state index is 12.8. The Kier molecular flexibility index (Phi) is 6.38. The third-order valence-corrected chi connectivity index (χ3v) is 4.90. The highest BCUT2D eigenvalue weighted by Crippen LogP contribution is 2.12. The van der Waals surface area contributed by atoms with Gasteiger partial charge in [0.1, 0.15) is 5.56 Å². The van der Waals surface area contributed by atoms with Crippen molar-refractivity contribution < 1.29 is 4.79 Å². The lowest BCUT2D eigenvalue weighted by Crippen LogP contribution is -2.35. The minimum absolute atomic E-state index is 0.184. The topological polar surface area (TPSA) is 76.9 Å². The van der Waals surface area contributed by atoms with Gasteiger partial charge in [-0.3, -0.25) is 14.6 Å². The second-order valence-corrected chi connectivity index (χ2v) is 7.06. The SMILES string of the molecule is Cc1ccn(Cc2cccnc2)c(=O)c1C(=O)NCCSc1ccccn1. The number of carbonyl (C=O) groups excluding carboxylic acids is 1. The second kappa shape index (κ2) is 9.14. The van der Waals surface area contributed by atoms with Gasteiger partial charge in [-0.25, -0.2) is 4.98 Å². The zero-order chi connectivity index (χ0) is 19.1. The van der Waals surface area contributed by atoms with Crippen LogP contribution in [0.15, 0.2) is 71.0 Å². The fourth-order valence-corrected chi connectivity index (χ4v) is 3.32. The molecule has 0 aromatic carbocycles. The van der Waals surface area contributed by atoms with Crippen molar-refractivity contribution in [3.8, 4) is 0 Å². The van der Waals surface area contributed by atoms with E-state index < -0.39 is 0 Å². The third-order valence-electron chi connectivity index (χ3n) is 3.95. The average molecular weight is 380 g/mol. The fraction of sp³-hybridized carbons (Fsp3) is 0.200. The number of hydrogen-bond acceptors (Lipinski definition) is 5. The van der Waals surface area contributed by atoms with E-state index in [1.807, 2.05) is 30.3 Å². The van der Waals surface area contributed by atoms with Crippen LogP contribution in [-0.2, 0) is 6.54 Å². The highest BCUT2D eigenvalue weighted by atomic mass is 32.2. The van der Waals surface area contributed by atoms with Crippen molar-refractivity contribution in [2.75, 3.05) is 12.3 Å². The molecule has 3 heterocycles. The Morgan fingerprint density at radius 2 is 2.07 bits per heavy atom. The molecule has 3 rings (SSSR count). The molecule has 0 unspecified atom stereocenters. The Balaban J connectivity index is 1.65. The number of nitrogens with one attached hydrogen (secondary N) is 1. The summed E-state index contributed by atoms with van der Waals surface area (Å²) in [5, 5.41) is 3.73. The second-order valence-electron chi connectivity index (χ2n) is 5.94. The molecular formula is C20H20N4O2S. The number of aryl methyl sites for hydroxylation is 1. The van der Waals surface area contributed by atoms with Gasteiger partial charge in [0.25, 0.3) is 11.5 Å². The van der Waals surface area contributed by atoms with Crippen molar-refractivity contribution >= 4 is 17.7 Å². The van der Waals surface area contributed by atoms with Crippen LogP contribution in [0.4, 0.5) is 0 Å². The van der Waals surface area contributed by atoms with Gasteiger partial charge >= 0.3 is 0 Å². The van der Waals surface area contributed by atoms with Crippen LogP contribution in [0.2, 0.25) is 0 Å². The van der Waals surface area contributed by atoms with Gasteiger partial charge in [0, 0.05) is 37.1 Å². The van der Waals surface area contributed by atoms with Gasteiger partial charge in [0.05, 0.1) is 11.6 Å². The smallest absolute Gasteiger partial charge is 0.263 e. The number of carbonyl (C=O) groups is 1. The number of thioether (sulfide) groups is 1. The summed E-state index contributed by atoms with van der Waals surface area (Å²) < 4.78 is 1.53. The van der Waals surface area contributed by atoms with Crippen LogP contribution in [0.5, 0.6) is 0 Å². The van der Waals surface area contributed by atoms with E-state index in [9.17, 15) is 9.59 Å². The molecule has 3 aromatic rings. The minimum atomic E-state index is -0.348. The average Bonchev–Trinajstić information content (AvgIpc) is 2.69. The molecule has 138 valence electrons. The van der Waals surface area contributed by atoms with Crippen molar-refractivity contribution in [3.05, 3.63) is 88.2 Å². The molecule has 0 aliphatic carbocycles. The molecule has 1 amide bonds. The monoisotopic (exact) mass is 380 g/mol. The van der Waals surface area contributed by atoms with Crippen molar-refractivity contribution in [1.82, 2.24) is 19.9 Å². The number of rotatable bonds is 7. The maximum absolute atomic E-state index is 12.8. The number of amides is 1. The van der Waals surface area contributed by atoms with E-state index in [4.69, 9.17) is 0 Å². The highest BCUT2D eigenvalue weighted by molar-refractivity contribution is 7.99. The Morgan fingerprint density at radius 1 is 1.19 bits per heavy atom. The van der Waals surface area contributed by atoms with Gasteiger partial charge in [-0.05, 0) is 42.3 Å². The molecule has 0 atom stereocenters. The van der Waals surface area contributed by atoms with Crippen LogP contribution < -0.4 is 10.9 Å². The summed E-state index contributed by atoms with van der Waals surface area (Å²) in [6.45, 7) is 2.60. The van der Waals surface area contributed by atoms with E-state index >= 15 is 0 Å². The summed E-state index contributed by atoms with van der Waals surface area (Å²) in [5.41, 5.74) is 1.46. The molecule has 0 saturated carbocycles. The molecule has 1 N–H and O–H groups in total. The van der Waals surface area contributed by atoms with E-state index in [1.54, 1.807) is 49.5 Å². The van der Waals surface area contributed by atoms with Crippen LogP contribution in [-0.4, -0.2) is 32.7 Å². The highest BCUT2D eigenvalue weighted by Gasteiger charge is 2.15. The molecule has 0 spiro atoms. The summed E-state index contributed by atoms with van der Waals surface area (Å²) in [4.78, 5) is 33.6. The lowest BCUT2D eigenvalue weighted by molar-refractivity contribution is 0.0953. The van der Waals surface area contributed by atoms with Crippen molar-refractivity contribution in [1.29, 1.82) is 0 Å². The van der Waals surface area contributed by atoms with Gasteiger partial charge in [0.2, 0.25) is 0 Å². The van der Waals surface area contributed by atoms with Gasteiger partial charge in [-0.1, -0.05) is 12.1 Å². The molecular weight excluding hydrogens is 360 g/mol. The molecule has 3 aromatic heterocycles. The van der Waals surface area contributed by atoms with Crippen LogP contribution in [0.3, 0.4) is 0 Å². The largest absolute Gasteiger partial charge is 0.351 e. The molecule has 0 aliphatic rings. The van der Waals surface area contributed by atoms with Gasteiger partial charge in [-0.2, -0.15) is 0 Å². The fourth-order valence-electron chi connectivity index (χ4n) is 2.60. The first-order chi connectivity index (χ1) is 13.1. The number of aromatic nitrogens is 3. The van der Waals surface area contributed by atoms with Crippen LogP contribution >= 0.6 is 11.8 Å². The Hall–Kier alpha value is -2.93. The van der Waals surface area contributed by atoms with E-state index in [1.165, 1.54) is 4.57 Å². The molecule has 0 saturated heterocycles. The number of hydrogen-bond donors (Lipinski definition) is 1. The molecule has 27 heavy (non-hydrogen) atoms. The Bertz CT molecular complexity index is 959. The summed E-state index contributed by atoms with van der Waals surface area (Å²) in [6, 6.07) is 11.2. The molecule has 0 radical (unpaired) electrons. The third kappa shape index (κ3) is 5.04. The summed E-state index contributed by atoms with van der Waals surface area (Å²) in [5.74, 6) is 0.332. The van der Waals surface area contributed by atoms with Gasteiger partial charge in [-0.15, -0.1) is 11.8 Å². The summed E-state index contributed by atoms with van der Waals surface area (Å²) in [6.07, 6.45) is 6.83. The Labute approximate surface area is 161 Å². The number of nitrogens with zero attached hydrogens (tertiary/aromatic N) is 3. The first-order valence-corrected chi connectivity index (χ1v) is 9.54. The quantitative estimate of drug-likeness (QED) is 0.503. The van der Waals surface area contributed by atoms with E-state index in [-0.39, 0.29) is 17.0 Å². The van der Waals surface area contributed by atoms with Crippen LogP contribution in [0, 0.1) is 6.92 Å². The van der Waals surface area contributed by atoms with E-state index in [0.29, 0.717) is 24.4 Å². The van der Waals surface area contributed by atoms with Crippen molar-refractivity contribution in [2.45, 2.75) is 18.5 Å². The number of pyridine rings is 3. The lowest BCUT2D eigenvalue weighted by Gasteiger charge is -2.11. The van der Waals surface area contributed by atoms with Crippen molar-refractivity contribution in [2.24, 2.45) is 0 Å². The molecule has 0 bridgehead atoms. The lowest BCUT2D eigenvalue weighted by atomic mass is 10.1. The van der Waals surface area contributed by atoms with Crippen LogP contribution in [0.1, 0.15) is 21.5 Å². The molecule has 6 nitrogen and oxygen atoms in total. The molecule has 0 aliphatic heterocycles. The normalized spacial score (nSPS) is 10.6. The predicted molar refractivity (Wildman–Crippen MR) is 106 cm³/mol. The minimum Gasteiger partial charge on any atom is -0.351 e. The first-order valence-electron chi connectivity index (χ1n) is 8.56. The Morgan fingerprint density at radius 3 is 2.81 bits per heavy atom. The molecule has 0 fully saturated rings. The zero-order valence-electron chi connectivity index (χ0n) is 15.0. The van der Waals surface area contributed by atoms with Crippen molar-refractivity contribution in [3.63, 3.8) is 0 Å². The van der Waals surface area contributed by atoms with Gasteiger partial charge < -0.3 is 9.88 Å². The van der Waals surface area contributed by atoms with Crippen LogP contribution in [0.25, 0.3) is 0 Å². The first kappa shape index (κ1) is 18.8. The summed E-state index contributed by atoms with van der Waals surface area (Å²) in [7, 11) is 0. The summed E-state index contributed by atoms with van der Waals surface area (Å²) >= 11 is 1.55.